The second kappa shape index (κ2) is 5.51. The molecule has 0 atom stereocenters. The Hall–Kier alpha value is -1.83. The second-order valence-corrected chi connectivity index (χ2v) is 5.33. The van der Waals surface area contributed by atoms with Gasteiger partial charge in [0, 0.05) is 31.4 Å². The van der Waals surface area contributed by atoms with Crippen LogP contribution in [-0.2, 0) is 6.18 Å². The van der Waals surface area contributed by atoms with Gasteiger partial charge in [0.05, 0.1) is 16.6 Å². The average Bonchev–Trinajstić information content (AvgIpc) is 2.35. The Morgan fingerprint density at radius 3 is 2.52 bits per heavy atom. The highest BCUT2D eigenvalue weighted by molar-refractivity contribution is 5.58. The summed E-state index contributed by atoms with van der Waals surface area (Å²) in [6, 6.07) is 2.74. The fourth-order valence-electron chi connectivity index (χ4n) is 2.53. The number of nitro benzene ring substituents is 1. The highest BCUT2D eigenvalue weighted by Crippen LogP contribution is 2.39. The van der Waals surface area contributed by atoms with Crippen molar-refractivity contribution in [2.45, 2.75) is 25.1 Å². The molecule has 0 aromatic heterocycles. The van der Waals surface area contributed by atoms with Gasteiger partial charge in [-0.1, -0.05) is 0 Å². The van der Waals surface area contributed by atoms with E-state index in [2.05, 4.69) is 0 Å². The van der Waals surface area contributed by atoms with Crippen LogP contribution in [0.5, 0.6) is 0 Å². The predicted octanol–water partition coefficient (Wildman–Crippen LogP) is 2.82. The third-order valence-electron chi connectivity index (χ3n) is 3.65. The quantitative estimate of drug-likeness (QED) is 0.686. The minimum atomic E-state index is -4.66. The number of nitrogens with zero attached hydrogens (tertiary/aromatic N) is 2. The fraction of sp³-hybridized carbons (Fsp3) is 0.538. The monoisotopic (exact) mass is 304 g/mol. The van der Waals surface area contributed by atoms with Crippen LogP contribution in [0.4, 0.5) is 24.5 Å². The van der Waals surface area contributed by atoms with Crippen molar-refractivity contribution in [2.24, 2.45) is 5.92 Å². The van der Waals surface area contributed by atoms with Crippen molar-refractivity contribution in [3.8, 4) is 0 Å². The molecule has 1 aliphatic carbocycles. The number of benzene rings is 1. The maximum absolute atomic E-state index is 13.1. The van der Waals surface area contributed by atoms with Crippen molar-refractivity contribution < 1.29 is 23.2 Å². The van der Waals surface area contributed by atoms with Crippen LogP contribution >= 0.6 is 0 Å². The number of nitro groups is 1. The van der Waals surface area contributed by atoms with Crippen LogP contribution < -0.4 is 4.90 Å². The molecule has 0 bridgehead atoms. The van der Waals surface area contributed by atoms with Gasteiger partial charge >= 0.3 is 6.18 Å². The summed E-state index contributed by atoms with van der Waals surface area (Å²) in [4.78, 5) is 11.2. The van der Waals surface area contributed by atoms with Crippen LogP contribution in [0.15, 0.2) is 18.2 Å². The van der Waals surface area contributed by atoms with Crippen LogP contribution in [0.3, 0.4) is 0 Å². The number of hydrogen-bond acceptors (Lipinski definition) is 4. The zero-order chi connectivity index (χ0) is 15.8. The number of hydrogen-bond donors (Lipinski definition) is 1. The Bertz CT molecular complexity index is 542. The lowest BCUT2D eigenvalue weighted by Gasteiger charge is -2.35. The largest absolute Gasteiger partial charge is 0.418 e. The summed E-state index contributed by atoms with van der Waals surface area (Å²) < 4.78 is 39.2. The van der Waals surface area contributed by atoms with E-state index in [4.69, 9.17) is 0 Å². The molecule has 1 aromatic rings. The van der Waals surface area contributed by atoms with Gasteiger partial charge in [0.25, 0.3) is 5.69 Å². The third kappa shape index (κ3) is 3.44. The van der Waals surface area contributed by atoms with Gasteiger partial charge in [-0.3, -0.25) is 10.1 Å². The summed E-state index contributed by atoms with van der Waals surface area (Å²) in [7, 11) is 1.51. The van der Waals surface area contributed by atoms with E-state index in [9.17, 15) is 28.4 Å². The standard InChI is InChI=1S/C13H15F3N2O3/c1-17(7-8-4-10(19)5-8)12-3-2-9(18(20)21)6-11(12)13(14,15)16/h2-3,6,8,10,19H,4-5,7H2,1H3. The Morgan fingerprint density at radius 2 is 2.05 bits per heavy atom. The maximum Gasteiger partial charge on any atom is 0.418 e. The molecule has 1 aliphatic rings. The molecule has 0 aliphatic heterocycles. The lowest BCUT2D eigenvalue weighted by molar-refractivity contribution is -0.385. The Balaban J connectivity index is 2.27. The van der Waals surface area contributed by atoms with Crippen LogP contribution in [0, 0.1) is 16.0 Å². The molecule has 5 nitrogen and oxygen atoms in total. The van der Waals surface area contributed by atoms with Crippen molar-refractivity contribution in [1.82, 2.24) is 0 Å². The summed E-state index contributed by atoms with van der Waals surface area (Å²) >= 11 is 0. The van der Waals surface area contributed by atoms with Crippen LogP contribution in [0.1, 0.15) is 18.4 Å². The Morgan fingerprint density at radius 1 is 1.43 bits per heavy atom. The fourth-order valence-corrected chi connectivity index (χ4v) is 2.53. The summed E-state index contributed by atoms with van der Waals surface area (Å²) in [5, 5.41) is 19.8. The van der Waals surface area contributed by atoms with Gasteiger partial charge in [-0.15, -0.1) is 0 Å². The molecule has 1 saturated carbocycles. The minimum Gasteiger partial charge on any atom is -0.393 e. The smallest absolute Gasteiger partial charge is 0.393 e. The van der Waals surface area contributed by atoms with Gasteiger partial charge < -0.3 is 10.0 Å². The third-order valence-corrected chi connectivity index (χ3v) is 3.65. The summed E-state index contributed by atoms with van der Waals surface area (Å²) in [5.74, 6) is 0.140. The van der Waals surface area contributed by atoms with Crippen molar-refractivity contribution in [3.05, 3.63) is 33.9 Å². The molecule has 0 saturated heterocycles. The normalized spacial score (nSPS) is 21.8. The zero-order valence-electron chi connectivity index (χ0n) is 11.3. The van der Waals surface area contributed by atoms with E-state index < -0.39 is 22.4 Å². The molecule has 2 rings (SSSR count). The molecule has 0 heterocycles. The minimum absolute atomic E-state index is 0.0884. The first-order valence-electron chi connectivity index (χ1n) is 6.43. The van der Waals surface area contributed by atoms with E-state index >= 15 is 0 Å². The van der Waals surface area contributed by atoms with E-state index in [0.717, 1.165) is 12.1 Å². The lowest BCUT2D eigenvalue weighted by Crippen LogP contribution is -2.37. The molecule has 8 heteroatoms. The van der Waals surface area contributed by atoms with Crippen LogP contribution in [0.2, 0.25) is 0 Å². The summed E-state index contributed by atoms with van der Waals surface area (Å²) in [5.41, 5.74) is -1.69. The van der Waals surface area contributed by atoms with Crippen LogP contribution in [-0.4, -0.2) is 29.7 Å². The number of alkyl halides is 3. The zero-order valence-corrected chi connectivity index (χ0v) is 11.3. The first-order valence-corrected chi connectivity index (χ1v) is 6.43. The van der Waals surface area contributed by atoms with E-state index in [0.29, 0.717) is 25.5 Å². The number of anilines is 1. The molecular weight excluding hydrogens is 289 g/mol. The molecular formula is C13H15F3N2O3. The van der Waals surface area contributed by atoms with Crippen molar-refractivity contribution in [1.29, 1.82) is 0 Å². The predicted molar refractivity (Wildman–Crippen MR) is 70.1 cm³/mol. The van der Waals surface area contributed by atoms with Gasteiger partial charge in [0.15, 0.2) is 0 Å². The molecule has 0 spiro atoms. The molecule has 21 heavy (non-hydrogen) atoms. The lowest BCUT2D eigenvalue weighted by atomic mass is 9.82. The summed E-state index contributed by atoms with van der Waals surface area (Å²) in [6.45, 7) is 0.373. The average molecular weight is 304 g/mol. The molecule has 0 radical (unpaired) electrons. The van der Waals surface area contributed by atoms with E-state index in [1.165, 1.54) is 11.9 Å². The number of aliphatic hydroxyl groups is 1. The van der Waals surface area contributed by atoms with E-state index in [1.807, 2.05) is 0 Å². The van der Waals surface area contributed by atoms with E-state index in [-0.39, 0.29) is 17.7 Å². The van der Waals surface area contributed by atoms with Gasteiger partial charge in [-0.2, -0.15) is 13.2 Å². The highest BCUT2D eigenvalue weighted by atomic mass is 19.4. The van der Waals surface area contributed by atoms with Gasteiger partial charge in [-0.25, -0.2) is 0 Å². The van der Waals surface area contributed by atoms with Crippen molar-refractivity contribution in [2.75, 3.05) is 18.5 Å². The van der Waals surface area contributed by atoms with Gasteiger partial charge in [0.2, 0.25) is 0 Å². The maximum atomic E-state index is 13.1. The highest BCUT2D eigenvalue weighted by Gasteiger charge is 2.37. The Kier molecular flexibility index (Phi) is 4.08. The molecule has 1 fully saturated rings. The molecule has 1 aromatic carbocycles. The van der Waals surface area contributed by atoms with Crippen LogP contribution in [0.25, 0.3) is 0 Å². The molecule has 0 amide bonds. The number of non-ortho nitro benzene ring substituents is 1. The SMILES string of the molecule is CN(CC1CC(O)C1)c1ccc([N+](=O)[O-])cc1C(F)(F)F. The second-order valence-electron chi connectivity index (χ2n) is 5.33. The molecule has 116 valence electrons. The first kappa shape index (κ1) is 15.6. The number of aliphatic hydroxyl groups excluding tert-OH is 1. The van der Waals surface area contributed by atoms with Crippen molar-refractivity contribution in [3.63, 3.8) is 0 Å². The molecule has 0 unspecified atom stereocenters. The summed E-state index contributed by atoms with van der Waals surface area (Å²) in [6.07, 6.45) is -3.89. The van der Waals surface area contributed by atoms with E-state index in [1.54, 1.807) is 0 Å². The first-order chi connectivity index (χ1) is 9.68. The number of halogens is 3. The number of rotatable bonds is 4. The van der Waals surface area contributed by atoms with Crippen molar-refractivity contribution >= 4 is 11.4 Å². The molecule has 1 N–H and O–H groups in total. The Labute approximate surface area is 119 Å². The van der Waals surface area contributed by atoms with Gasteiger partial charge in [-0.05, 0) is 24.8 Å². The van der Waals surface area contributed by atoms with Gasteiger partial charge in [0.1, 0.15) is 0 Å². The topological polar surface area (TPSA) is 66.6 Å².